The molecule has 0 aliphatic carbocycles. The maximum Gasteiger partial charge on any atom is 0.140 e. The van der Waals surface area contributed by atoms with Gasteiger partial charge in [-0.05, 0) is 29.8 Å². The number of aliphatic hydroxyl groups is 1. The van der Waals surface area contributed by atoms with Crippen molar-refractivity contribution < 1.29 is 13.9 Å². The summed E-state index contributed by atoms with van der Waals surface area (Å²) in [6, 6.07) is 9.08. The largest absolute Gasteiger partial charge is 0.390 e. The Bertz CT molecular complexity index is 1100. The lowest BCUT2D eigenvalue weighted by Gasteiger charge is -2.01. The highest BCUT2D eigenvalue weighted by Crippen LogP contribution is 2.27. The van der Waals surface area contributed by atoms with Crippen LogP contribution >= 0.6 is 0 Å². The Hall–Kier alpha value is -3.32. The van der Waals surface area contributed by atoms with Crippen molar-refractivity contribution in [3.63, 3.8) is 0 Å². The number of aliphatic hydroxyl groups excluding tert-OH is 1. The highest BCUT2D eigenvalue weighted by atomic mass is 19.1. The van der Waals surface area contributed by atoms with E-state index in [9.17, 15) is 8.78 Å². The normalized spacial score (nSPS) is 11.7. The van der Waals surface area contributed by atoms with Gasteiger partial charge in [-0.3, -0.25) is 5.10 Å². The summed E-state index contributed by atoms with van der Waals surface area (Å²) in [6.45, 7) is -0.200. The van der Waals surface area contributed by atoms with Gasteiger partial charge in [-0.15, -0.1) is 0 Å². The fourth-order valence-corrected chi connectivity index (χ4v) is 2.69. The number of fused-ring (bicyclic) bond motifs is 1. The highest BCUT2D eigenvalue weighted by molar-refractivity contribution is 5.92. The van der Waals surface area contributed by atoms with Crippen molar-refractivity contribution in [1.29, 1.82) is 0 Å². The van der Waals surface area contributed by atoms with Gasteiger partial charge in [0.05, 0.1) is 35.3 Å². The number of nitrogens with zero attached hydrogens (tertiary/aromatic N) is 2. The van der Waals surface area contributed by atoms with Crippen LogP contribution in [-0.2, 0) is 6.61 Å². The number of rotatable bonds is 4. The van der Waals surface area contributed by atoms with E-state index in [1.54, 1.807) is 30.4 Å². The molecule has 0 bridgehead atoms. The topological polar surface area (TPSA) is 77.6 Å². The molecular formula is C19H14F2N4O. The molecule has 130 valence electrons. The zero-order valence-electron chi connectivity index (χ0n) is 13.5. The molecule has 2 heterocycles. The van der Waals surface area contributed by atoms with Crippen LogP contribution in [0.3, 0.4) is 0 Å². The molecule has 0 aliphatic heterocycles. The van der Waals surface area contributed by atoms with E-state index < -0.39 is 5.82 Å². The van der Waals surface area contributed by atoms with Gasteiger partial charge < -0.3 is 10.1 Å². The van der Waals surface area contributed by atoms with E-state index in [4.69, 9.17) is 5.11 Å². The second-order valence-electron chi connectivity index (χ2n) is 5.79. The Balaban J connectivity index is 1.74. The summed E-state index contributed by atoms with van der Waals surface area (Å²) < 4.78 is 27.4. The van der Waals surface area contributed by atoms with E-state index in [0.29, 0.717) is 22.7 Å². The van der Waals surface area contributed by atoms with Gasteiger partial charge in [0.15, 0.2) is 0 Å². The van der Waals surface area contributed by atoms with E-state index in [0.717, 1.165) is 10.9 Å². The number of nitrogens with one attached hydrogen (secondary N) is 2. The molecule has 5 nitrogen and oxygen atoms in total. The monoisotopic (exact) mass is 352 g/mol. The molecule has 0 aliphatic rings. The fourth-order valence-electron chi connectivity index (χ4n) is 2.69. The second kappa shape index (κ2) is 6.53. The van der Waals surface area contributed by atoms with E-state index in [1.165, 1.54) is 24.4 Å². The lowest BCUT2D eigenvalue weighted by molar-refractivity contribution is 0.277. The molecule has 0 amide bonds. The van der Waals surface area contributed by atoms with Crippen LogP contribution in [0, 0.1) is 11.6 Å². The van der Waals surface area contributed by atoms with Gasteiger partial charge in [0, 0.05) is 11.5 Å². The molecule has 0 saturated heterocycles. The van der Waals surface area contributed by atoms with Crippen molar-refractivity contribution in [2.75, 3.05) is 0 Å². The lowest BCUT2D eigenvalue weighted by atomic mass is 10.1. The number of hydrogen-bond acceptors (Lipinski definition) is 3. The Morgan fingerprint density at radius 1 is 1.08 bits per heavy atom. The smallest absolute Gasteiger partial charge is 0.140 e. The minimum absolute atomic E-state index is 0.200. The van der Waals surface area contributed by atoms with Crippen molar-refractivity contribution in [3.8, 4) is 11.4 Å². The Morgan fingerprint density at radius 3 is 2.62 bits per heavy atom. The van der Waals surface area contributed by atoms with E-state index in [-0.39, 0.29) is 18.0 Å². The third kappa shape index (κ3) is 3.00. The Kier molecular flexibility index (Phi) is 4.06. The molecule has 3 N–H and O–H groups in total. The van der Waals surface area contributed by atoms with Crippen molar-refractivity contribution in [2.45, 2.75) is 6.61 Å². The first-order valence-electron chi connectivity index (χ1n) is 7.90. The molecule has 26 heavy (non-hydrogen) atoms. The van der Waals surface area contributed by atoms with Crippen LogP contribution in [0.1, 0.15) is 17.0 Å². The van der Waals surface area contributed by atoms with Crippen LogP contribution in [0.25, 0.3) is 34.4 Å². The van der Waals surface area contributed by atoms with Crippen LogP contribution in [0.4, 0.5) is 8.78 Å². The molecule has 0 unspecified atom stereocenters. The molecule has 2 aromatic carbocycles. The number of aromatic nitrogens is 4. The zero-order chi connectivity index (χ0) is 18.1. The predicted molar refractivity (Wildman–Crippen MR) is 94.9 cm³/mol. The molecule has 7 heteroatoms. The van der Waals surface area contributed by atoms with E-state index in [2.05, 4.69) is 20.2 Å². The summed E-state index contributed by atoms with van der Waals surface area (Å²) in [5.74, 6) is -0.412. The standard InChI is InChI=1S/C19H14F2N4O/c20-12-4-1-11(2-5-12)3-6-17-15-7-14(16(21)8-18(15)25-24-17)19-22-9-13(10-26)23-19/h1-9,26H,10H2,(H,22,23)(H,24,25)/b6-3+. The minimum Gasteiger partial charge on any atom is -0.390 e. The molecule has 0 atom stereocenters. The first kappa shape index (κ1) is 16.2. The third-order valence-electron chi connectivity index (χ3n) is 4.04. The van der Waals surface area contributed by atoms with Gasteiger partial charge in [-0.25, -0.2) is 13.8 Å². The lowest BCUT2D eigenvalue weighted by Crippen LogP contribution is -1.88. The molecule has 0 fully saturated rings. The SMILES string of the molecule is OCc1cnc(-c2cc3c(/C=C/c4ccc(F)cc4)n[nH]c3cc2F)[nH]1. The average molecular weight is 352 g/mol. The predicted octanol–water partition coefficient (Wildman–Crippen LogP) is 3.89. The summed E-state index contributed by atoms with van der Waals surface area (Å²) in [5.41, 5.74) is 2.79. The molecule has 4 aromatic rings. The van der Waals surface area contributed by atoms with Gasteiger partial charge in [-0.1, -0.05) is 18.2 Å². The summed E-state index contributed by atoms with van der Waals surface area (Å²) in [7, 11) is 0. The second-order valence-corrected chi connectivity index (χ2v) is 5.79. The summed E-state index contributed by atoms with van der Waals surface area (Å²) >= 11 is 0. The maximum atomic E-state index is 14.4. The Labute approximate surface area is 147 Å². The van der Waals surface area contributed by atoms with Crippen molar-refractivity contribution in [3.05, 3.63) is 71.2 Å². The van der Waals surface area contributed by atoms with Crippen LogP contribution in [0.15, 0.2) is 42.6 Å². The van der Waals surface area contributed by atoms with Crippen molar-refractivity contribution in [1.82, 2.24) is 20.2 Å². The molecule has 0 radical (unpaired) electrons. The molecule has 4 rings (SSSR count). The van der Waals surface area contributed by atoms with Gasteiger partial charge in [-0.2, -0.15) is 5.10 Å². The fraction of sp³-hybridized carbons (Fsp3) is 0.0526. The molecule has 0 spiro atoms. The van der Waals surface area contributed by atoms with Crippen LogP contribution in [0.5, 0.6) is 0 Å². The average Bonchev–Trinajstić information content (AvgIpc) is 3.27. The zero-order valence-corrected chi connectivity index (χ0v) is 13.5. The van der Waals surface area contributed by atoms with Gasteiger partial charge >= 0.3 is 0 Å². The molecule has 2 aromatic heterocycles. The number of aromatic amines is 2. The molecule has 0 saturated carbocycles. The number of halogens is 2. The van der Waals surface area contributed by atoms with Gasteiger partial charge in [0.2, 0.25) is 0 Å². The molecular weight excluding hydrogens is 338 g/mol. The Morgan fingerprint density at radius 2 is 1.88 bits per heavy atom. The van der Waals surface area contributed by atoms with Crippen LogP contribution in [-0.4, -0.2) is 25.3 Å². The van der Waals surface area contributed by atoms with E-state index >= 15 is 0 Å². The quantitative estimate of drug-likeness (QED) is 0.521. The summed E-state index contributed by atoms with van der Waals surface area (Å²) in [5, 5.41) is 16.9. The first-order valence-corrected chi connectivity index (χ1v) is 7.90. The van der Waals surface area contributed by atoms with Crippen LogP contribution in [0.2, 0.25) is 0 Å². The number of hydrogen-bond donors (Lipinski definition) is 3. The van der Waals surface area contributed by atoms with Crippen molar-refractivity contribution in [2.24, 2.45) is 0 Å². The maximum absolute atomic E-state index is 14.4. The third-order valence-corrected chi connectivity index (χ3v) is 4.04. The van der Waals surface area contributed by atoms with Gasteiger partial charge in [0.25, 0.3) is 0 Å². The van der Waals surface area contributed by atoms with Crippen LogP contribution < -0.4 is 0 Å². The first-order chi connectivity index (χ1) is 12.6. The van der Waals surface area contributed by atoms with E-state index in [1.807, 2.05) is 0 Å². The highest BCUT2D eigenvalue weighted by Gasteiger charge is 2.13. The number of imidazole rings is 1. The summed E-state index contributed by atoms with van der Waals surface area (Å²) in [6.07, 6.45) is 5.04. The van der Waals surface area contributed by atoms with Crippen molar-refractivity contribution >= 4 is 23.1 Å². The van der Waals surface area contributed by atoms with Gasteiger partial charge in [0.1, 0.15) is 17.5 Å². The minimum atomic E-state index is -0.450. The number of H-pyrrole nitrogens is 2. The summed E-state index contributed by atoms with van der Waals surface area (Å²) in [4.78, 5) is 6.98. The number of benzene rings is 2.